The highest BCUT2D eigenvalue weighted by Crippen LogP contribution is 2.36. The quantitative estimate of drug-likeness (QED) is 0.840. The minimum Gasteiger partial charge on any atom is -0.379 e. The van der Waals surface area contributed by atoms with E-state index >= 15 is 0 Å². The van der Waals surface area contributed by atoms with E-state index in [1.165, 1.54) is 0 Å². The number of carbonyl (C=O) groups is 1. The Bertz CT molecular complexity index is 533. The first-order valence-corrected chi connectivity index (χ1v) is 8.32. The molecular formula is C16H26N4O3. The Labute approximate surface area is 136 Å². The van der Waals surface area contributed by atoms with Crippen LogP contribution in [-0.2, 0) is 20.8 Å². The number of ether oxygens (including phenoxy) is 2. The summed E-state index contributed by atoms with van der Waals surface area (Å²) in [6.45, 7) is 10.4. The van der Waals surface area contributed by atoms with Crippen LogP contribution in [0.25, 0.3) is 0 Å². The molecule has 7 nitrogen and oxygen atoms in total. The van der Waals surface area contributed by atoms with Gasteiger partial charge in [0.25, 0.3) is 0 Å². The number of hydrogen-bond donors (Lipinski definition) is 1. The van der Waals surface area contributed by atoms with Gasteiger partial charge in [0.1, 0.15) is 0 Å². The third-order valence-corrected chi connectivity index (χ3v) is 4.92. The minimum absolute atomic E-state index is 0.0338. The highest BCUT2D eigenvalue weighted by atomic mass is 16.5. The fraction of sp³-hybridized carbons (Fsp3) is 0.750. The summed E-state index contributed by atoms with van der Waals surface area (Å²) in [7, 11) is 0. The maximum Gasteiger partial charge on any atom is 0.235 e. The lowest BCUT2D eigenvalue weighted by Gasteiger charge is -2.42. The molecule has 7 heteroatoms. The Morgan fingerprint density at radius 1 is 1.30 bits per heavy atom. The van der Waals surface area contributed by atoms with Crippen molar-refractivity contribution in [2.24, 2.45) is 11.3 Å². The summed E-state index contributed by atoms with van der Waals surface area (Å²) in [6.07, 6.45) is 3.61. The van der Waals surface area contributed by atoms with E-state index in [1.54, 1.807) is 6.20 Å². The van der Waals surface area contributed by atoms with Crippen LogP contribution >= 0.6 is 0 Å². The average molecular weight is 322 g/mol. The van der Waals surface area contributed by atoms with E-state index in [4.69, 9.17) is 9.47 Å². The van der Waals surface area contributed by atoms with Crippen LogP contribution in [0.1, 0.15) is 13.8 Å². The van der Waals surface area contributed by atoms with E-state index in [1.807, 2.05) is 10.9 Å². The number of hydrogen-bond acceptors (Lipinski definition) is 5. The highest BCUT2D eigenvalue weighted by molar-refractivity contribution is 5.96. The molecule has 0 aromatic carbocycles. The molecule has 0 bridgehead atoms. The number of nitrogens with zero attached hydrogens (tertiary/aromatic N) is 3. The molecular weight excluding hydrogens is 296 g/mol. The van der Waals surface area contributed by atoms with Crippen molar-refractivity contribution in [3.8, 4) is 0 Å². The molecule has 0 saturated carbocycles. The maximum absolute atomic E-state index is 12.5. The Balaban J connectivity index is 1.51. The molecule has 0 radical (unpaired) electrons. The van der Waals surface area contributed by atoms with Crippen LogP contribution in [-0.4, -0.2) is 66.6 Å². The number of nitrogens with one attached hydrogen (secondary N) is 1. The summed E-state index contributed by atoms with van der Waals surface area (Å²) in [5.74, 6) is 0.291. The standard InChI is InChI=1S/C16H26N4O3/c1-13(2)16(11-23-12-16)15(21)18-14-9-17-20(10-14)4-3-19-5-7-22-8-6-19/h9-10,13H,3-8,11-12H2,1-2H3,(H,18,21). The topological polar surface area (TPSA) is 68.6 Å². The summed E-state index contributed by atoms with van der Waals surface area (Å²) in [6, 6.07) is 0. The van der Waals surface area contributed by atoms with Crippen molar-refractivity contribution in [2.45, 2.75) is 20.4 Å². The van der Waals surface area contributed by atoms with Gasteiger partial charge in [-0.3, -0.25) is 14.4 Å². The Hall–Kier alpha value is -1.44. The first-order chi connectivity index (χ1) is 11.1. The van der Waals surface area contributed by atoms with Crippen molar-refractivity contribution in [1.82, 2.24) is 14.7 Å². The van der Waals surface area contributed by atoms with Crippen LogP contribution in [0, 0.1) is 11.3 Å². The van der Waals surface area contributed by atoms with Crippen LogP contribution < -0.4 is 5.32 Å². The molecule has 3 rings (SSSR count). The zero-order valence-corrected chi connectivity index (χ0v) is 14.0. The van der Waals surface area contributed by atoms with Gasteiger partial charge in [-0.2, -0.15) is 5.10 Å². The molecule has 0 spiro atoms. The SMILES string of the molecule is CC(C)C1(C(=O)Nc2cnn(CCN3CCOCC3)c2)COC1. The maximum atomic E-state index is 12.5. The average Bonchev–Trinajstić information content (AvgIpc) is 2.92. The van der Waals surface area contributed by atoms with Gasteiger partial charge in [0.15, 0.2) is 0 Å². The van der Waals surface area contributed by atoms with Gasteiger partial charge in [-0.1, -0.05) is 13.8 Å². The van der Waals surface area contributed by atoms with Crippen LogP contribution in [0.5, 0.6) is 0 Å². The molecule has 1 amide bonds. The lowest BCUT2D eigenvalue weighted by Crippen LogP contribution is -2.55. The second-order valence-electron chi connectivity index (χ2n) is 6.70. The molecule has 3 heterocycles. The molecule has 128 valence electrons. The van der Waals surface area contributed by atoms with Crippen molar-refractivity contribution < 1.29 is 14.3 Å². The number of amides is 1. The molecule has 2 aliphatic heterocycles. The van der Waals surface area contributed by atoms with E-state index in [-0.39, 0.29) is 11.8 Å². The van der Waals surface area contributed by atoms with Crippen LogP contribution in [0.2, 0.25) is 0 Å². The Morgan fingerprint density at radius 3 is 2.65 bits per heavy atom. The summed E-state index contributed by atoms with van der Waals surface area (Å²) in [5, 5.41) is 7.33. The van der Waals surface area contributed by atoms with Crippen molar-refractivity contribution in [3.63, 3.8) is 0 Å². The van der Waals surface area contributed by atoms with Gasteiger partial charge in [0, 0.05) is 25.8 Å². The van der Waals surface area contributed by atoms with Gasteiger partial charge in [-0.15, -0.1) is 0 Å². The first kappa shape index (κ1) is 16.4. The Morgan fingerprint density at radius 2 is 2.04 bits per heavy atom. The second kappa shape index (κ2) is 6.98. The fourth-order valence-electron chi connectivity index (χ4n) is 2.92. The lowest BCUT2D eigenvalue weighted by molar-refractivity contribution is -0.166. The van der Waals surface area contributed by atoms with E-state index < -0.39 is 5.41 Å². The summed E-state index contributed by atoms with van der Waals surface area (Å²) < 4.78 is 12.5. The smallest absolute Gasteiger partial charge is 0.235 e. The molecule has 0 unspecified atom stereocenters. The molecule has 2 fully saturated rings. The largest absolute Gasteiger partial charge is 0.379 e. The highest BCUT2D eigenvalue weighted by Gasteiger charge is 2.48. The van der Waals surface area contributed by atoms with Gasteiger partial charge in [-0.05, 0) is 5.92 Å². The Kier molecular flexibility index (Phi) is 4.99. The van der Waals surface area contributed by atoms with Crippen LogP contribution in [0.3, 0.4) is 0 Å². The summed E-state index contributed by atoms with van der Waals surface area (Å²) in [5.41, 5.74) is 0.361. The van der Waals surface area contributed by atoms with E-state index in [0.717, 1.165) is 45.1 Å². The van der Waals surface area contributed by atoms with Crippen molar-refractivity contribution in [3.05, 3.63) is 12.4 Å². The number of aromatic nitrogens is 2. The molecule has 23 heavy (non-hydrogen) atoms. The molecule has 0 aliphatic carbocycles. The third kappa shape index (κ3) is 3.57. The van der Waals surface area contributed by atoms with Crippen molar-refractivity contribution in [2.75, 3.05) is 51.4 Å². The van der Waals surface area contributed by atoms with Crippen molar-refractivity contribution in [1.29, 1.82) is 0 Å². The van der Waals surface area contributed by atoms with Gasteiger partial charge in [-0.25, -0.2) is 0 Å². The number of anilines is 1. The van der Waals surface area contributed by atoms with Crippen molar-refractivity contribution >= 4 is 11.6 Å². The number of carbonyl (C=O) groups excluding carboxylic acids is 1. The van der Waals surface area contributed by atoms with E-state index in [0.29, 0.717) is 13.2 Å². The molecule has 1 aromatic heterocycles. The van der Waals surface area contributed by atoms with Crippen LogP contribution in [0.15, 0.2) is 12.4 Å². The summed E-state index contributed by atoms with van der Waals surface area (Å²) in [4.78, 5) is 14.9. The molecule has 2 saturated heterocycles. The molecule has 1 N–H and O–H groups in total. The van der Waals surface area contributed by atoms with Crippen LogP contribution in [0.4, 0.5) is 5.69 Å². The van der Waals surface area contributed by atoms with E-state index in [2.05, 4.69) is 29.2 Å². The molecule has 2 aliphatic rings. The zero-order valence-electron chi connectivity index (χ0n) is 14.0. The van der Waals surface area contributed by atoms with Gasteiger partial charge in [0.05, 0.1) is 50.3 Å². The monoisotopic (exact) mass is 322 g/mol. The van der Waals surface area contributed by atoms with E-state index in [9.17, 15) is 4.79 Å². The lowest BCUT2D eigenvalue weighted by atomic mass is 9.74. The predicted molar refractivity (Wildman–Crippen MR) is 86.2 cm³/mol. The minimum atomic E-state index is -0.393. The normalized spacial score (nSPS) is 21.2. The number of rotatable bonds is 6. The summed E-state index contributed by atoms with van der Waals surface area (Å²) >= 11 is 0. The van der Waals surface area contributed by atoms with Gasteiger partial charge in [0.2, 0.25) is 5.91 Å². The third-order valence-electron chi connectivity index (χ3n) is 4.92. The van der Waals surface area contributed by atoms with Gasteiger partial charge < -0.3 is 14.8 Å². The molecule has 0 atom stereocenters. The number of morpholine rings is 1. The molecule has 1 aromatic rings. The zero-order chi connectivity index (χ0) is 16.3. The predicted octanol–water partition coefficient (Wildman–Crippen LogP) is 0.826. The second-order valence-corrected chi connectivity index (χ2v) is 6.70. The fourth-order valence-corrected chi connectivity index (χ4v) is 2.92. The van der Waals surface area contributed by atoms with Gasteiger partial charge >= 0.3 is 0 Å². The first-order valence-electron chi connectivity index (χ1n) is 8.32.